The third-order valence-electron chi connectivity index (χ3n) is 2.94. The van der Waals surface area contributed by atoms with E-state index in [0.717, 1.165) is 18.8 Å². The molecule has 0 saturated heterocycles. The smallest absolute Gasteiger partial charge is 0.0317 e. The van der Waals surface area contributed by atoms with Crippen LogP contribution in [0.3, 0.4) is 0 Å². The molecule has 2 aromatic carbocycles. The van der Waals surface area contributed by atoms with Crippen LogP contribution in [0, 0.1) is 6.92 Å². The van der Waals surface area contributed by atoms with Gasteiger partial charge in [-0.3, -0.25) is 4.90 Å². The predicted molar refractivity (Wildman–Crippen MR) is 84.5 cm³/mol. The molecule has 2 aromatic rings. The summed E-state index contributed by atoms with van der Waals surface area (Å²) in [5.41, 5.74) is 10.5. The first kappa shape index (κ1) is 15.5. The number of hydrogen-bond acceptors (Lipinski definition) is 2. The van der Waals surface area contributed by atoms with Gasteiger partial charge in [-0.05, 0) is 37.2 Å². The van der Waals surface area contributed by atoms with Crippen LogP contribution in [0.2, 0.25) is 0 Å². The van der Waals surface area contributed by atoms with Crippen LogP contribution in [0.25, 0.3) is 0 Å². The molecule has 0 amide bonds. The maximum Gasteiger partial charge on any atom is 0.0317 e. The highest BCUT2D eigenvalue weighted by atomic mass is 35.5. The monoisotopic (exact) mass is 276 g/mol. The van der Waals surface area contributed by atoms with Crippen LogP contribution in [0.4, 0.5) is 5.69 Å². The van der Waals surface area contributed by atoms with Crippen LogP contribution in [-0.4, -0.2) is 11.9 Å². The average molecular weight is 277 g/mol. The Kier molecular flexibility index (Phi) is 5.87. The Morgan fingerprint density at radius 1 is 0.947 bits per heavy atom. The molecular formula is C16H21ClN2. The lowest BCUT2D eigenvalue weighted by atomic mass is 10.1. The Hall–Kier alpha value is -1.51. The van der Waals surface area contributed by atoms with Crippen molar-refractivity contribution in [1.82, 2.24) is 4.90 Å². The number of nitrogen functional groups attached to an aromatic ring is 1. The van der Waals surface area contributed by atoms with E-state index in [9.17, 15) is 0 Å². The fourth-order valence-electron chi connectivity index (χ4n) is 2.18. The Bertz CT molecular complexity index is 478. The van der Waals surface area contributed by atoms with Crippen LogP contribution in [0.15, 0.2) is 48.5 Å². The van der Waals surface area contributed by atoms with E-state index in [1.54, 1.807) is 0 Å². The van der Waals surface area contributed by atoms with Gasteiger partial charge in [-0.2, -0.15) is 0 Å². The third kappa shape index (κ3) is 4.93. The fraction of sp³-hybridized carbons (Fsp3) is 0.250. The van der Waals surface area contributed by atoms with Gasteiger partial charge in [0, 0.05) is 18.8 Å². The summed E-state index contributed by atoms with van der Waals surface area (Å²) in [6.07, 6.45) is 0. The van der Waals surface area contributed by atoms with Gasteiger partial charge in [-0.1, -0.05) is 42.0 Å². The number of hydrogen-bond donors (Lipinski definition) is 1. The van der Waals surface area contributed by atoms with Crippen molar-refractivity contribution >= 4 is 18.1 Å². The van der Waals surface area contributed by atoms with E-state index in [-0.39, 0.29) is 12.4 Å². The molecule has 0 aliphatic rings. The second-order valence-corrected chi connectivity index (χ2v) is 4.91. The molecule has 102 valence electrons. The predicted octanol–water partition coefficient (Wildman–Crippen LogP) is 3.63. The number of anilines is 1. The Labute approximate surface area is 121 Å². The molecule has 2 rings (SSSR count). The quantitative estimate of drug-likeness (QED) is 0.864. The molecule has 0 heterocycles. The SMILES string of the molecule is Cc1cccc(CN(C)Cc2cccc(N)c2)c1.Cl. The fourth-order valence-corrected chi connectivity index (χ4v) is 2.18. The lowest BCUT2D eigenvalue weighted by Crippen LogP contribution is -2.17. The second-order valence-electron chi connectivity index (χ2n) is 4.91. The van der Waals surface area contributed by atoms with Crippen molar-refractivity contribution in [1.29, 1.82) is 0 Å². The molecule has 0 fully saturated rings. The van der Waals surface area contributed by atoms with E-state index in [1.807, 2.05) is 18.2 Å². The number of benzene rings is 2. The zero-order valence-electron chi connectivity index (χ0n) is 11.5. The normalized spacial score (nSPS) is 10.3. The molecule has 0 atom stereocenters. The minimum absolute atomic E-state index is 0. The van der Waals surface area contributed by atoms with Gasteiger partial charge in [-0.25, -0.2) is 0 Å². The van der Waals surface area contributed by atoms with Gasteiger partial charge in [0.05, 0.1) is 0 Å². The van der Waals surface area contributed by atoms with E-state index in [2.05, 4.69) is 49.2 Å². The van der Waals surface area contributed by atoms with Crippen molar-refractivity contribution in [2.75, 3.05) is 12.8 Å². The number of nitrogens with two attached hydrogens (primary N) is 1. The number of aryl methyl sites for hydroxylation is 1. The lowest BCUT2D eigenvalue weighted by Gasteiger charge is -2.17. The standard InChI is InChI=1S/C16H20N2.ClH/c1-13-5-3-6-14(9-13)11-18(2)12-15-7-4-8-16(17)10-15;/h3-10H,11-12,17H2,1-2H3;1H. The number of nitrogens with zero attached hydrogens (tertiary/aromatic N) is 1. The minimum atomic E-state index is 0. The topological polar surface area (TPSA) is 29.3 Å². The molecule has 0 spiro atoms. The first-order valence-electron chi connectivity index (χ1n) is 6.22. The van der Waals surface area contributed by atoms with E-state index < -0.39 is 0 Å². The minimum Gasteiger partial charge on any atom is -0.399 e. The highest BCUT2D eigenvalue weighted by Crippen LogP contribution is 2.12. The van der Waals surface area contributed by atoms with Crippen molar-refractivity contribution < 1.29 is 0 Å². The second kappa shape index (κ2) is 7.17. The van der Waals surface area contributed by atoms with Crippen molar-refractivity contribution in [3.8, 4) is 0 Å². The summed E-state index contributed by atoms with van der Waals surface area (Å²) in [6, 6.07) is 16.7. The summed E-state index contributed by atoms with van der Waals surface area (Å²) in [5.74, 6) is 0. The molecule has 0 bridgehead atoms. The largest absolute Gasteiger partial charge is 0.399 e. The van der Waals surface area contributed by atoms with Crippen LogP contribution in [-0.2, 0) is 13.1 Å². The number of halogens is 1. The Morgan fingerprint density at radius 3 is 2.11 bits per heavy atom. The molecule has 2 N–H and O–H groups in total. The summed E-state index contributed by atoms with van der Waals surface area (Å²) in [6.45, 7) is 4.00. The van der Waals surface area contributed by atoms with Gasteiger partial charge >= 0.3 is 0 Å². The highest BCUT2D eigenvalue weighted by Gasteiger charge is 2.02. The number of rotatable bonds is 4. The molecule has 0 radical (unpaired) electrons. The van der Waals surface area contributed by atoms with E-state index >= 15 is 0 Å². The molecule has 2 nitrogen and oxygen atoms in total. The van der Waals surface area contributed by atoms with E-state index in [4.69, 9.17) is 5.73 Å². The summed E-state index contributed by atoms with van der Waals surface area (Å²) < 4.78 is 0. The molecule has 0 aliphatic heterocycles. The van der Waals surface area contributed by atoms with Crippen LogP contribution >= 0.6 is 12.4 Å². The summed E-state index contributed by atoms with van der Waals surface area (Å²) >= 11 is 0. The molecular weight excluding hydrogens is 256 g/mol. The van der Waals surface area contributed by atoms with Gasteiger partial charge in [0.1, 0.15) is 0 Å². The van der Waals surface area contributed by atoms with Gasteiger partial charge in [0.15, 0.2) is 0 Å². The summed E-state index contributed by atoms with van der Waals surface area (Å²) in [4.78, 5) is 2.30. The van der Waals surface area contributed by atoms with Gasteiger partial charge < -0.3 is 5.73 Å². The highest BCUT2D eigenvalue weighted by molar-refractivity contribution is 5.85. The van der Waals surface area contributed by atoms with Gasteiger partial charge in [-0.15, -0.1) is 12.4 Å². The molecule has 0 unspecified atom stereocenters. The molecule has 19 heavy (non-hydrogen) atoms. The van der Waals surface area contributed by atoms with Crippen LogP contribution in [0.1, 0.15) is 16.7 Å². The van der Waals surface area contributed by atoms with Crippen molar-refractivity contribution in [3.05, 3.63) is 65.2 Å². The van der Waals surface area contributed by atoms with E-state index in [0.29, 0.717) is 0 Å². The van der Waals surface area contributed by atoms with E-state index in [1.165, 1.54) is 16.7 Å². The van der Waals surface area contributed by atoms with Crippen LogP contribution < -0.4 is 5.73 Å². The average Bonchev–Trinajstić information content (AvgIpc) is 2.28. The Morgan fingerprint density at radius 2 is 1.53 bits per heavy atom. The van der Waals surface area contributed by atoms with Crippen molar-refractivity contribution in [3.63, 3.8) is 0 Å². The zero-order valence-corrected chi connectivity index (χ0v) is 12.3. The molecule has 0 aromatic heterocycles. The van der Waals surface area contributed by atoms with Gasteiger partial charge in [0.2, 0.25) is 0 Å². The van der Waals surface area contributed by atoms with Crippen molar-refractivity contribution in [2.24, 2.45) is 0 Å². The first-order valence-corrected chi connectivity index (χ1v) is 6.22. The molecule has 0 aliphatic carbocycles. The Balaban J connectivity index is 0.00000180. The maximum atomic E-state index is 5.79. The van der Waals surface area contributed by atoms with Crippen LogP contribution in [0.5, 0.6) is 0 Å². The molecule has 3 heteroatoms. The van der Waals surface area contributed by atoms with Gasteiger partial charge in [0.25, 0.3) is 0 Å². The maximum absolute atomic E-state index is 5.79. The zero-order chi connectivity index (χ0) is 13.0. The molecule has 0 saturated carbocycles. The lowest BCUT2D eigenvalue weighted by molar-refractivity contribution is 0.319. The van der Waals surface area contributed by atoms with Crippen molar-refractivity contribution in [2.45, 2.75) is 20.0 Å². The third-order valence-corrected chi connectivity index (χ3v) is 2.94. The summed E-state index contributed by atoms with van der Waals surface area (Å²) in [7, 11) is 2.13. The summed E-state index contributed by atoms with van der Waals surface area (Å²) in [5, 5.41) is 0. The first-order chi connectivity index (χ1) is 8.63.